The van der Waals surface area contributed by atoms with Crippen LogP contribution in [0.25, 0.3) is 10.2 Å². The molecule has 1 aromatic carbocycles. The number of para-hydroxylation sites is 1. The fourth-order valence-electron chi connectivity index (χ4n) is 3.40. The first-order valence-electron chi connectivity index (χ1n) is 9.08. The van der Waals surface area contributed by atoms with E-state index in [0.29, 0.717) is 5.92 Å². The number of nitrogens with one attached hydrogen (secondary N) is 1. The quantitative estimate of drug-likeness (QED) is 0.759. The van der Waals surface area contributed by atoms with Crippen LogP contribution in [0, 0.1) is 0 Å². The minimum atomic E-state index is -0.0431. The van der Waals surface area contributed by atoms with Crippen LogP contribution in [0.3, 0.4) is 0 Å². The minimum Gasteiger partial charge on any atom is -0.324 e. The Labute approximate surface area is 156 Å². The SMILES string of the molecule is CCc1cc(NC(=O)N2CCC(c3nc4ccccc4s3)CC2)n(C)n1. The lowest BCUT2D eigenvalue weighted by Gasteiger charge is -2.31. The zero-order valence-corrected chi connectivity index (χ0v) is 15.9. The fourth-order valence-corrected chi connectivity index (χ4v) is 4.54. The van der Waals surface area contributed by atoms with Crippen LogP contribution in [0.1, 0.15) is 36.4 Å². The molecule has 4 rings (SSSR count). The third-order valence-corrected chi connectivity index (χ3v) is 6.17. The molecule has 6 nitrogen and oxygen atoms in total. The summed E-state index contributed by atoms with van der Waals surface area (Å²) in [5, 5.41) is 8.56. The van der Waals surface area contributed by atoms with E-state index in [1.165, 1.54) is 9.71 Å². The molecule has 1 saturated heterocycles. The van der Waals surface area contributed by atoms with Crippen molar-refractivity contribution in [1.29, 1.82) is 0 Å². The first kappa shape index (κ1) is 17.0. The Bertz CT molecular complexity index is 890. The van der Waals surface area contributed by atoms with Crippen molar-refractivity contribution in [3.05, 3.63) is 41.0 Å². The smallest absolute Gasteiger partial charge is 0.322 e. The van der Waals surface area contributed by atoms with Gasteiger partial charge in [0.2, 0.25) is 0 Å². The highest BCUT2D eigenvalue weighted by atomic mass is 32.1. The number of likely N-dealkylation sites (tertiary alicyclic amines) is 1. The van der Waals surface area contributed by atoms with E-state index < -0.39 is 0 Å². The summed E-state index contributed by atoms with van der Waals surface area (Å²) in [4.78, 5) is 19.2. The average Bonchev–Trinajstić information content (AvgIpc) is 3.25. The molecular weight excluding hydrogens is 346 g/mol. The molecule has 0 saturated carbocycles. The molecule has 3 heterocycles. The maximum Gasteiger partial charge on any atom is 0.322 e. The Morgan fingerprint density at radius 1 is 1.31 bits per heavy atom. The number of rotatable bonds is 3. The van der Waals surface area contributed by atoms with Gasteiger partial charge in [0.15, 0.2) is 0 Å². The molecule has 0 bridgehead atoms. The highest BCUT2D eigenvalue weighted by molar-refractivity contribution is 7.18. The first-order valence-corrected chi connectivity index (χ1v) is 9.90. The molecule has 1 fully saturated rings. The number of carbonyl (C=O) groups excluding carboxylic acids is 1. The van der Waals surface area contributed by atoms with Gasteiger partial charge in [0.1, 0.15) is 5.82 Å². The third-order valence-electron chi connectivity index (χ3n) is 4.97. The molecule has 2 aromatic heterocycles. The lowest BCUT2D eigenvalue weighted by Crippen LogP contribution is -2.40. The molecule has 136 valence electrons. The number of hydrogen-bond acceptors (Lipinski definition) is 4. The number of anilines is 1. The van der Waals surface area contributed by atoms with Crippen LogP contribution < -0.4 is 5.32 Å². The number of thiazole rings is 1. The summed E-state index contributed by atoms with van der Waals surface area (Å²) < 4.78 is 2.97. The van der Waals surface area contributed by atoms with Crippen molar-refractivity contribution in [3.63, 3.8) is 0 Å². The number of aryl methyl sites for hydroxylation is 2. The van der Waals surface area contributed by atoms with Gasteiger partial charge >= 0.3 is 6.03 Å². The summed E-state index contributed by atoms with van der Waals surface area (Å²) in [7, 11) is 1.86. The molecule has 1 aliphatic rings. The summed E-state index contributed by atoms with van der Waals surface area (Å²) >= 11 is 1.78. The number of benzene rings is 1. The van der Waals surface area contributed by atoms with Gasteiger partial charge in [-0.15, -0.1) is 11.3 Å². The van der Waals surface area contributed by atoms with E-state index in [0.717, 1.165) is 49.4 Å². The summed E-state index contributed by atoms with van der Waals surface area (Å²) in [6.45, 7) is 3.57. The Kier molecular flexibility index (Phi) is 4.63. The van der Waals surface area contributed by atoms with Gasteiger partial charge in [-0.2, -0.15) is 5.10 Å². The van der Waals surface area contributed by atoms with Gasteiger partial charge in [0.25, 0.3) is 0 Å². The van der Waals surface area contributed by atoms with Crippen molar-refractivity contribution in [2.75, 3.05) is 18.4 Å². The van der Waals surface area contributed by atoms with Gasteiger partial charge in [-0.25, -0.2) is 9.78 Å². The Morgan fingerprint density at radius 2 is 2.08 bits per heavy atom. The lowest BCUT2D eigenvalue weighted by atomic mass is 9.98. The predicted molar refractivity (Wildman–Crippen MR) is 105 cm³/mol. The minimum absolute atomic E-state index is 0.0431. The summed E-state index contributed by atoms with van der Waals surface area (Å²) in [6, 6.07) is 10.2. The Balaban J connectivity index is 1.38. The van der Waals surface area contributed by atoms with Crippen molar-refractivity contribution >= 4 is 33.4 Å². The zero-order valence-electron chi connectivity index (χ0n) is 15.1. The van der Waals surface area contributed by atoms with Crippen molar-refractivity contribution in [1.82, 2.24) is 19.7 Å². The number of piperidine rings is 1. The maximum atomic E-state index is 12.6. The van der Waals surface area contributed by atoms with Crippen LogP contribution in [0.15, 0.2) is 30.3 Å². The monoisotopic (exact) mass is 369 g/mol. The number of fused-ring (bicyclic) bond motifs is 1. The molecule has 3 aromatic rings. The van der Waals surface area contributed by atoms with Gasteiger partial charge < -0.3 is 4.90 Å². The van der Waals surface area contributed by atoms with Crippen molar-refractivity contribution in [2.45, 2.75) is 32.1 Å². The normalized spacial score (nSPS) is 15.5. The van der Waals surface area contributed by atoms with Crippen molar-refractivity contribution in [2.24, 2.45) is 7.05 Å². The molecule has 1 aliphatic heterocycles. The molecule has 0 unspecified atom stereocenters. The van der Waals surface area contributed by atoms with E-state index in [9.17, 15) is 4.79 Å². The highest BCUT2D eigenvalue weighted by Crippen LogP contribution is 2.33. The molecule has 0 atom stereocenters. The van der Waals surface area contributed by atoms with E-state index >= 15 is 0 Å². The number of hydrogen-bond donors (Lipinski definition) is 1. The van der Waals surface area contributed by atoms with Gasteiger partial charge in [-0.1, -0.05) is 19.1 Å². The number of nitrogens with zero attached hydrogens (tertiary/aromatic N) is 4. The van der Waals surface area contributed by atoms with Crippen LogP contribution in [0.2, 0.25) is 0 Å². The van der Waals surface area contributed by atoms with Crippen molar-refractivity contribution in [3.8, 4) is 0 Å². The van der Waals surface area contributed by atoms with Crippen LogP contribution in [0.4, 0.5) is 10.6 Å². The van der Waals surface area contributed by atoms with E-state index in [1.54, 1.807) is 16.0 Å². The summed E-state index contributed by atoms with van der Waals surface area (Å²) in [6.07, 6.45) is 2.77. The molecule has 0 spiro atoms. The molecule has 2 amide bonds. The Hall–Kier alpha value is -2.41. The number of amides is 2. The third kappa shape index (κ3) is 3.31. The molecule has 0 aliphatic carbocycles. The maximum absolute atomic E-state index is 12.6. The predicted octanol–water partition coefficient (Wildman–Crippen LogP) is 4.00. The van der Waals surface area contributed by atoms with Gasteiger partial charge in [0, 0.05) is 32.1 Å². The second kappa shape index (κ2) is 7.07. The molecule has 0 radical (unpaired) electrons. The van der Waals surface area contributed by atoms with Gasteiger partial charge in [0.05, 0.1) is 20.9 Å². The van der Waals surface area contributed by atoms with Crippen LogP contribution >= 0.6 is 11.3 Å². The zero-order chi connectivity index (χ0) is 18.1. The van der Waals surface area contributed by atoms with Gasteiger partial charge in [-0.3, -0.25) is 10.00 Å². The van der Waals surface area contributed by atoms with E-state index in [2.05, 4.69) is 35.5 Å². The largest absolute Gasteiger partial charge is 0.324 e. The van der Waals surface area contributed by atoms with Crippen LogP contribution in [0.5, 0.6) is 0 Å². The first-order chi connectivity index (χ1) is 12.6. The number of carbonyl (C=O) groups is 1. The second-order valence-electron chi connectivity index (χ2n) is 6.71. The van der Waals surface area contributed by atoms with Crippen LogP contribution in [-0.2, 0) is 13.5 Å². The fraction of sp³-hybridized carbons (Fsp3) is 0.421. The molecule has 1 N–H and O–H groups in total. The molecular formula is C19H23N5OS. The van der Waals surface area contributed by atoms with E-state index in [-0.39, 0.29) is 6.03 Å². The molecule has 26 heavy (non-hydrogen) atoms. The number of urea groups is 1. The second-order valence-corrected chi connectivity index (χ2v) is 7.77. The standard InChI is InChI=1S/C19H23N5OS/c1-3-14-12-17(23(2)22-14)21-19(25)24-10-8-13(9-11-24)18-20-15-6-4-5-7-16(15)26-18/h4-7,12-13H,3,8-11H2,1-2H3,(H,21,25). The lowest BCUT2D eigenvalue weighted by molar-refractivity contribution is 0.194. The molecule has 7 heteroatoms. The topological polar surface area (TPSA) is 63.1 Å². The van der Waals surface area contributed by atoms with Gasteiger partial charge in [-0.05, 0) is 31.4 Å². The van der Waals surface area contributed by atoms with Crippen molar-refractivity contribution < 1.29 is 4.79 Å². The highest BCUT2D eigenvalue weighted by Gasteiger charge is 2.26. The van der Waals surface area contributed by atoms with Crippen LogP contribution in [-0.4, -0.2) is 38.8 Å². The van der Waals surface area contributed by atoms with E-state index in [1.807, 2.05) is 24.1 Å². The summed E-state index contributed by atoms with van der Waals surface area (Å²) in [5.74, 6) is 1.19. The average molecular weight is 369 g/mol. The Morgan fingerprint density at radius 3 is 2.77 bits per heavy atom. The number of aromatic nitrogens is 3. The van der Waals surface area contributed by atoms with E-state index in [4.69, 9.17) is 4.98 Å². The summed E-state index contributed by atoms with van der Waals surface area (Å²) in [5.41, 5.74) is 2.06.